The van der Waals surface area contributed by atoms with Crippen LogP contribution in [0.1, 0.15) is 30.7 Å². The monoisotopic (exact) mass is 302 g/mol. The largest absolute Gasteiger partial charge is 0.308 e. The van der Waals surface area contributed by atoms with Crippen LogP contribution in [0.3, 0.4) is 0 Å². The van der Waals surface area contributed by atoms with Crippen LogP contribution in [0.5, 0.6) is 0 Å². The van der Waals surface area contributed by atoms with Crippen molar-refractivity contribution in [3.05, 3.63) is 20.8 Å². The van der Waals surface area contributed by atoms with Gasteiger partial charge in [0.1, 0.15) is 0 Å². The molecule has 2 rings (SSSR count). The maximum atomic E-state index is 3.58. The molecule has 0 spiro atoms. The van der Waals surface area contributed by atoms with Gasteiger partial charge in [-0.1, -0.05) is 0 Å². The number of rotatable bonds is 6. The summed E-state index contributed by atoms with van der Waals surface area (Å²) in [7, 11) is 2.23. The molecule has 16 heavy (non-hydrogen) atoms. The molecule has 0 bridgehead atoms. The predicted octanol–water partition coefficient (Wildman–Crippen LogP) is 3.26. The van der Waals surface area contributed by atoms with Crippen LogP contribution in [-0.4, -0.2) is 31.1 Å². The van der Waals surface area contributed by atoms with E-state index in [-0.39, 0.29) is 0 Å². The lowest BCUT2D eigenvalue weighted by Gasteiger charge is -2.18. The summed E-state index contributed by atoms with van der Waals surface area (Å²) in [6.45, 7) is 4.45. The summed E-state index contributed by atoms with van der Waals surface area (Å²) < 4.78 is 1.23. The van der Waals surface area contributed by atoms with Crippen LogP contribution < -0.4 is 5.32 Å². The molecule has 1 heterocycles. The number of nitrogens with one attached hydrogen (secondary N) is 1. The number of halogens is 1. The molecule has 2 nitrogen and oxygen atoms in total. The second-order valence-electron chi connectivity index (χ2n) is 4.52. The second kappa shape index (κ2) is 5.63. The van der Waals surface area contributed by atoms with Crippen molar-refractivity contribution >= 4 is 27.3 Å². The van der Waals surface area contributed by atoms with Crippen molar-refractivity contribution in [1.82, 2.24) is 10.2 Å². The van der Waals surface area contributed by atoms with Crippen LogP contribution in [0.2, 0.25) is 0 Å². The van der Waals surface area contributed by atoms with E-state index in [1.165, 1.54) is 22.2 Å². The number of hydrogen-bond donors (Lipinski definition) is 1. The van der Waals surface area contributed by atoms with E-state index in [0.29, 0.717) is 6.04 Å². The van der Waals surface area contributed by atoms with Crippen LogP contribution in [0.15, 0.2) is 15.9 Å². The van der Waals surface area contributed by atoms with E-state index in [1.54, 1.807) is 0 Å². The Hall–Kier alpha value is 0.100. The van der Waals surface area contributed by atoms with E-state index in [1.807, 2.05) is 11.3 Å². The zero-order chi connectivity index (χ0) is 11.5. The number of hydrogen-bond acceptors (Lipinski definition) is 3. The van der Waals surface area contributed by atoms with Crippen molar-refractivity contribution in [3.8, 4) is 0 Å². The molecule has 1 aliphatic rings. The first kappa shape index (κ1) is 12.6. The molecule has 1 N–H and O–H groups in total. The first-order valence-electron chi connectivity index (χ1n) is 5.85. The minimum Gasteiger partial charge on any atom is -0.308 e. The third-order valence-corrected chi connectivity index (χ3v) is 5.18. The summed E-state index contributed by atoms with van der Waals surface area (Å²) in [5.41, 5.74) is 0. The first-order valence-corrected chi connectivity index (χ1v) is 7.52. The van der Waals surface area contributed by atoms with Gasteiger partial charge in [0.25, 0.3) is 0 Å². The van der Waals surface area contributed by atoms with Crippen LogP contribution in [0.4, 0.5) is 0 Å². The lowest BCUT2D eigenvalue weighted by Crippen LogP contribution is -2.31. The molecule has 1 atom stereocenters. The van der Waals surface area contributed by atoms with E-state index in [2.05, 4.69) is 51.6 Å². The molecular weight excluding hydrogens is 284 g/mol. The van der Waals surface area contributed by atoms with Crippen molar-refractivity contribution in [2.75, 3.05) is 20.1 Å². The Labute approximate surface area is 110 Å². The van der Waals surface area contributed by atoms with Gasteiger partial charge in [-0.15, -0.1) is 11.3 Å². The molecule has 1 saturated carbocycles. The van der Waals surface area contributed by atoms with Gasteiger partial charge in [-0.25, -0.2) is 0 Å². The Balaban J connectivity index is 1.71. The molecule has 1 fully saturated rings. The van der Waals surface area contributed by atoms with Gasteiger partial charge in [0.15, 0.2) is 0 Å². The SMILES string of the molecule is CC(NCCN(C)C1CC1)c1sccc1Br. The van der Waals surface area contributed by atoms with E-state index >= 15 is 0 Å². The molecule has 90 valence electrons. The van der Waals surface area contributed by atoms with Gasteiger partial charge in [-0.05, 0) is 54.2 Å². The third kappa shape index (κ3) is 3.29. The van der Waals surface area contributed by atoms with E-state index in [9.17, 15) is 0 Å². The third-order valence-electron chi connectivity index (χ3n) is 3.12. The summed E-state index contributed by atoms with van der Waals surface area (Å²) >= 11 is 5.39. The van der Waals surface area contributed by atoms with Gasteiger partial charge in [0.2, 0.25) is 0 Å². The van der Waals surface area contributed by atoms with Crippen LogP contribution in [0, 0.1) is 0 Å². The fourth-order valence-corrected chi connectivity index (χ4v) is 3.61. The highest BCUT2D eigenvalue weighted by Crippen LogP contribution is 2.28. The number of likely N-dealkylation sites (N-methyl/N-ethyl adjacent to an activating group) is 1. The van der Waals surface area contributed by atoms with Crippen molar-refractivity contribution in [2.24, 2.45) is 0 Å². The smallest absolute Gasteiger partial charge is 0.0397 e. The molecule has 0 aromatic carbocycles. The Kier molecular flexibility index (Phi) is 4.41. The second-order valence-corrected chi connectivity index (χ2v) is 6.32. The molecule has 1 aliphatic carbocycles. The molecule has 0 amide bonds. The van der Waals surface area contributed by atoms with Gasteiger partial charge in [0.05, 0.1) is 0 Å². The van der Waals surface area contributed by atoms with Crippen molar-refractivity contribution in [1.29, 1.82) is 0 Å². The summed E-state index contributed by atoms with van der Waals surface area (Å²) in [5.74, 6) is 0. The highest BCUT2D eigenvalue weighted by molar-refractivity contribution is 9.10. The molecule has 1 unspecified atom stereocenters. The van der Waals surface area contributed by atoms with Gasteiger partial charge < -0.3 is 10.2 Å². The Morgan fingerprint density at radius 2 is 2.38 bits per heavy atom. The quantitative estimate of drug-likeness (QED) is 0.868. The minimum absolute atomic E-state index is 0.446. The molecule has 4 heteroatoms. The number of nitrogens with zero attached hydrogens (tertiary/aromatic N) is 1. The van der Waals surface area contributed by atoms with Gasteiger partial charge >= 0.3 is 0 Å². The Morgan fingerprint density at radius 1 is 1.62 bits per heavy atom. The van der Waals surface area contributed by atoms with Crippen molar-refractivity contribution in [3.63, 3.8) is 0 Å². The maximum Gasteiger partial charge on any atom is 0.0397 e. The summed E-state index contributed by atoms with van der Waals surface area (Å²) in [6, 6.07) is 3.43. The molecule has 0 radical (unpaired) electrons. The zero-order valence-electron chi connectivity index (χ0n) is 9.87. The summed E-state index contributed by atoms with van der Waals surface area (Å²) in [4.78, 5) is 3.86. The molecule has 0 saturated heterocycles. The number of thiophene rings is 1. The van der Waals surface area contributed by atoms with Crippen LogP contribution in [0.25, 0.3) is 0 Å². The predicted molar refractivity (Wildman–Crippen MR) is 74.1 cm³/mol. The van der Waals surface area contributed by atoms with E-state index < -0.39 is 0 Å². The van der Waals surface area contributed by atoms with Crippen LogP contribution in [-0.2, 0) is 0 Å². The van der Waals surface area contributed by atoms with Gasteiger partial charge in [-0.3, -0.25) is 0 Å². The average Bonchev–Trinajstić information content (AvgIpc) is 3.01. The molecule has 1 aromatic rings. The highest BCUT2D eigenvalue weighted by Gasteiger charge is 2.25. The highest BCUT2D eigenvalue weighted by atomic mass is 79.9. The Bertz CT molecular complexity index is 336. The van der Waals surface area contributed by atoms with Crippen LogP contribution >= 0.6 is 27.3 Å². The maximum absolute atomic E-state index is 3.58. The van der Waals surface area contributed by atoms with Gasteiger partial charge in [0, 0.05) is 34.5 Å². The molecule has 1 aromatic heterocycles. The zero-order valence-corrected chi connectivity index (χ0v) is 12.3. The van der Waals surface area contributed by atoms with Crippen molar-refractivity contribution in [2.45, 2.75) is 31.8 Å². The lowest BCUT2D eigenvalue weighted by molar-refractivity contribution is 0.317. The average molecular weight is 303 g/mol. The van der Waals surface area contributed by atoms with E-state index in [0.717, 1.165) is 19.1 Å². The van der Waals surface area contributed by atoms with Crippen molar-refractivity contribution < 1.29 is 0 Å². The Morgan fingerprint density at radius 3 is 2.94 bits per heavy atom. The summed E-state index contributed by atoms with van der Waals surface area (Å²) in [6.07, 6.45) is 2.78. The molecule has 0 aliphatic heterocycles. The van der Waals surface area contributed by atoms with E-state index in [4.69, 9.17) is 0 Å². The fraction of sp³-hybridized carbons (Fsp3) is 0.667. The normalized spacial score (nSPS) is 18.0. The van der Waals surface area contributed by atoms with Gasteiger partial charge in [-0.2, -0.15) is 0 Å². The standard InChI is InChI=1S/C12H19BrN2S/c1-9(12-11(13)5-8-16-12)14-6-7-15(2)10-3-4-10/h5,8-10,14H,3-4,6-7H2,1-2H3. The summed E-state index contributed by atoms with van der Waals surface area (Å²) in [5, 5.41) is 5.71. The lowest BCUT2D eigenvalue weighted by atomic mass is 10.3. The first-order chi connectivity index (χ1) is 7.68. The fourth-order valence-electron chi connectivity index (χ4n) is 1.86. The molecular formula is C12H19BrN2S. The minimum atomic E-state index is 0.446. The topological polar surface area (TPSA) is 15.3 Å².